The maximum atomic E-state index is 9.27. The molecule has 13 heavy (non-hydrogen) atoms. The van der Waals surface area contributed by atoms with Crippen molar-refractivity contribution >= 4 is 0 Å². The molecule has 2 N–H and O–H groups in total. The number of aliphatic hydroxyl groups is 2. The van der Waals surface area contributed by atoms with Gasteiger partial charge in [-0.05, 0) is 24.6 Å². The van der Waals surface area contributed by atoms with E-state index in [9.17, 15) is 5.11 Å². The smallest absolute Gasteiger partial charge is 0.119 e. The quantitative estimate of drug-likeness (QED) is 0.733. The Balaban J connectivity index is 2.68. The first-order valence-electron chi connectivity index (χ1n) is 4.25. The molecule has 0 saturated carbocycles. The first-order chi connectivity index (χ1) is 6.24. The van der Waals surface area contributed by atoms with Crippen molar-refractivity contribution < 1.29 is 14.9 Å². The molecule has 3 nitrogen and oxygen atoms in total. The summed E-state index contributed by atoms with van der Waals surface area (Å²) in [6, 6.07) is 7.20. The third-order valence-electron chi connectivity index (χ3n) is 1.70. The van der Waals surface area contributed by atoms with Crippen molar-refractivity contribution in [3.05, 3.63) is 29.8 Å². The summed E-state index contributed by atoms with van der Waals surface area (Å²) >= 11 is 0. The Labute approximate surface area is 77.6 Å². The van der Waals surface area contributed by atoms with Crippen molar-refractivity contribution in [1.29, 1.82) is 0 Å². The summed E-state index contributed by atoms with van der Waals surface area (Å²) in [5.74, 6) is 0.674. The third kappa shape index (κ3) is 3.05. The molecule has 0 radical (unpaired) electrons. The van der Waals surface area contributed by atoms with Crippen molar-refractivity contribution in [2.45, 2.75) is 13.0 Å². The molecule has 1 aromatic carbocycles. The van der Waals surface area contributed by atoms with Gasteiger partial charge in [0, 0.05) is 0 Å². The molecule has 0 aromatic heterocycles. The number of ether oxygens (including phenoxy) is 1. The lowest BCUT2D eigenvalue weighted by molar-refractivity contribution is 0.193. The fourth-order valence-corrected chi connectivity index (χ4v) is 1.03. The topological polar surface area (TPSA) is 49.7 Å². The molecule has 0 aliphatic carbocycles. The van der Waals surface area contributed by atoms with Crippen LogP contribution in [0.15, 0.2) is 24.3 Å². The van der Waals surface area contributed by atoms with E-state index in [1.54, 1.807) is 19.1 Å². The van der Waals surface area contributed by atoms with E-state index in [1.165, 1.54) is 0 Å². The van der Waals surface area contributed by atoms with Crippen LogP contribution in [0.4, 0.5) is 0 Å². The van der Waals surface area contributed by atoms with Gasteiger partial charge in [-0.1, -0.05) is 12.1 Å². The van der Waals surface area contributed by atoms with Gasteiger partial charge in [-0.3, -0.25) is 0 Å². The van der Waals surface area contributed by atoms with Gasteiger partial charge in [0.15, 0.2) is 0 Å². The van der Waals surface area contributed by atoms with Gasteiger partial charge in [-0.2, -0.15) is 0 Å². The van der Waals surface area contributed by atoms with Crippen LogP contribution in [0.2, 0.25) is 0 Å². The van der Waals surface area contributed by atoms with Crippen molar-refractivity contribution in [2.24, 2.45) is 0 Å². The van der Waals surface area contributed by atoms with Crippen LogP contribution in [0, 0.1) is 0 Å². The highest BCUT2D eigenvalue weighted by Crippen LogP contribution is 2.18. The standard InChI is InChI=1S/C10H14O3/c1-8(12)9-3-2-4-10(7-9)13-6-5-11/h2-4,7-8,11-12H,5-6H2,1H3/t8-/m0/s1. The van der Waals surface area contributed by atoms with E-state index in [2.05, 4.69) is 0 Å². The van der Waals surface area contributed by atoms with Gasteiger partial charge < -0.3 is 14.9 Å². The molecule has 0 fully saturated rings. The summed E-state index contributed by atoms with van der Waals surface area (Å²) < 4.78 is 5.18. The zero-order chi connectivity index (χ0) is 9.68. The Bertz CT molecular complexity index is 258. The Hall–Kier alpha value is -1.06. The van der Waals surface area contributed by atoms with Gasteiger partial charge in [0.1, 0.15) is 12.4 Å². The molecule has 0 saturated heterocycles. The molecule has 0 heterocycles. The first-order valence-corrected chi connectivity index (χ1v) is 4.25. The van der Waals surface area contributed by atoms with E-state index in [-0.39, 0.29) is 13.2 Å². The van der Waals surface area contributed by atoms with Crippen LogP contribution in [0.3, 0.4) is 0 Å². The van der Waals surface area contributed by atoms with Crippen molar-refractivity contribution in [1.82, 2.24) is 0 Å². The molecule has 0 aliphatic heterocycles. The Morgan fingerprint density at radius 3 is 2.85 bits per heavy atom. The number of hydrogen-bond acceptors (Lipinski definition) is 3. The molecule has 0 aliphatic rings. The van der Waals surface area contributed by atoms with Crippen LogP contribution in [-0.2, 0) is 0 Å². The fraction of sp³-hybridized carbons (Fsp3) is 0.400. The normalized spacial score (nSPS) is 12.5. The second-order valence-electron chi connectivity index (χ2n) is 2.82. The average molecular weight is 182 g/mol. The second kappa shape index (κ2) is 4.84. The molecule has 1 aromatic rings. The van der Waals surface area contributed by atoms with Crippen molar-refractivity contribution in [2.75, 3.05) is 13.2 Å². The maximum absolute atomic E-state index is 9.27. The molecule has 1 rings (SSSR count). The van der Waals surface area contributed by atoms with E-state index >= 15 is 0 Å². The highest BCUT2D eigenvalue weighted by Gasteiger charge is 2.01. The predicted octanol–water partition coefficient (Wildman–Crippen LogP) is 1.11. The second-order valence-corrected chi connectivity index (χ2v) is 2.82. The lowest BCUT2D eigenvalue weighted by Crippen LogP contribution is -2.02. The molecule has 0 amide bonds. The van der Waals surface area contributed by atoms with Crippen LogP contribution in [0.25, 0.3) is 0 Å². The zero-order valence-corrected chi connectivity index (χ0v) is 7.60. The average Bonchev–Trinajstić information content (AvgIpc) is 2.15. The molecule has 1 atom stereocenters. The summed E-state index contributed by atoms with van der Waals surface area (Å²) in [6.45, 7) is 1.98. The minimum absolute atomic E-state index is 0.00109. The van der Waals surface area contributed by atoms with Crippen molar-refractivity contribution in [3.8, 4) is 5.75 Å². The van der Waals surface area contributed by atoms with Gasteiger partial charge in [0.25, 0.3) is 0 Å². The lowest BCUT2D eigenvalue weighted by atomic mass is 10.1. The Morgan fingerprint density at radius 1 is 1.46 bits per heavy atom. The van der Waals surface area contributed by atoms with E-state index in [4.69, 9.17) is 9.84 Å². The van der Waals surface area contributed by atoms with E-state index in [1.807, 2.05) is 12.1 Å². The lowest BCUT2D eigenvalue weighted by Gasteiger charge is -2.08. The molecule has 0 unspecified atom stereocenters. The van der Waals surface area contributed by atoms with Crippen LogP contribution in [0.1, 0.15) is 18.6 Å². The largest absolute Gasteiger partial charge is 0.491 e. The SMILES string of the molecule is C[C@H](O)c1cccc(OCCO)c1. The maximum Gasteiger partial charge on any atom is 0.119 e. The van der Waals surface area contributed by atoms with Gasteiger partial charge >= 0.3 is 0 Å². The van der Waals surface area contributed by atoms with Gasteiger partial charge in [-0.15, -0.1) is 0 Å². The van der Waals surface area contributed by atoms with Crippen LogP contribution in [-0.4, -0.2) is 23.4 Å². The number of benzene rings is 1. The molecular weight excluding hydrogens is 168 g/mol. The van der Waals surface area contributed by atoms with E-state index in [0.717, 1.165) is 5.56 Å². The molecule has 3 heteroatoms. The van der Waals surface area contributed by atoms with E-state index < -0.39 is 6.10 Å². The van der Waals surface area contributed by atoms with Crippen molar-refractivity contribution in [3.63, 3.8) is 0 Å². The summed E-state index contributed by atoms with van der Waals surface area (Å²) in [4.78, 5) is 0. The first kappa shape index (κ1) is 10.0. The highest BCUT2D eigenvalue weighted by molar-refractivity contribution is 5.29. The molecule has 0 bridgehead atoms. The number of rotatable bonds is 4. The van der Waals surface area contributed by atoms with Crippen LogP contribution < -0.4 is 4.74 Å². The highest BCUT2D eigenvalue weighted by atomic mass is 16.5. The van der Waals surface area contributed by atoms with Gasteiger partial charge in [0.05, 0.1) is 12.7 Å². The third-order valence-corrected chi connectivity index (χ3v) is 1.70. The van der Waals surface area contributed by atoms with Gasteiger partial charge in [0.2, 0.25) is 0 Å². The molecular formula is C10H14O3. The summed E-state index contributed by atoms with van der Waals surface area (Å²) in [7, 11) is 0. The minimum atomic E-state index is -0.488. The Kier molecular flexibility index (Phi) is 3.73. The van der Waals surface area contributed by atoms with Crippen LogP contribution >= 0.6 is 0 Å². The zero-order valence-electron chi connectivity index (χ0n) is 7.60. The van der Waals surface area contributed by atoms with Crippen LogP contribution in [0.5, 0.6) is 5.75 Å². The predicted molar refractivity (Wildman–Crippen MR) is 49.7 cm³/mol. The molecule has 0 spiro atoms. The number of hydrogen-bond donors (Lipinski definition) is 2. The Morgan fingerprint density at radius 2 is 2.23 bits per heavy atom. The minimum Gasteiger partial charge on any atom is -0.491 e. The fourth-order valence-electron chi connectivity index (χ4n) is 1.03. The molecule has 72 valence electrons. The van der Waals surface area contributed by atoms with E-state index in [0.29, 0.717) is 5.75 Å². The summed E-state index contributed by atoms with van der Waals surface area (Å²) in [6.07, 6.45) is -0.488. The monoisotopic (exact) mass is 182 g/mol. The number of aliphatic hydroxyl groups excluding tert-OH is 2. The summed E-state index contributed by atoms with van der Waals surface area (Å²) in [5, 5.41) is 17.8. The van der Waals surface area contributed by atoms with Gasteiger partial charge in [-0.25, -0.2) is 0 Å². The summed E-state index contributed by atoms with van der Waals surface area (Å²) in [5.41, 5.74) is 0.815.